The third-order valence-corrected chi connectivity index (χ3v) is 3.99. The molecule has 122 valence electrons. The Hall–Kier alpha value is -1.30. The van der Waals surface area contributed by atoms with Crippen LogP contribution in [0.5, 0.6) is 0 Å². The van der Waals surface area contributed by atoms with E-state index in [0.29, 0.717) is 13.0 Å². The molecule has 0 spiro atoms. The maximum Gasteiger partial charge on any atom is 0.253 e. The maximum absolute atomic E-state index is 12.2. The quantitative estimate of drug-likeness (QED) is 0.830. The molecule has 0 aromatic heterocycles. The number of hydrogen-bond acceptors (Lipinski definition) is 3. The largest absolute Gasteiger partial charge is 0.393 e. The van der Waals surface area contributed by atoms with Gasteiger partial charge in [-0.05, 0) is 32.4 Å². The Morgan fingerprint density at radius 3 is 2.55 bits per heavy atom. The maximum atomic E-state index is 12.2. The van der Waals surface area contributed by atoms with Gasteiger partial charge in [-0.15, -0.1) is 0 Å². The van der Waals surface area contributed by atoms with Crippen molar-refractivity contribution in [3.8, 4) is 0 Å². The summed E-state index contributed by atoms with van der Waals surface area (Å²) in [5.41, 5.74) is 0.223. The lowest BCUT2D eigenvalue weighted by molar-refractivity contribution is -0.131. The van der Waals surface area contributed by atoms with Crippen LogP contribution >= 0.6 is 23.2 Å². The van der Waals surface area contributed by atoms with Crippen molar-refractivity contribution in [3.05, 3.63) is 33.8 Å². The van der Waals surface area contributed by atoms with E-state index in [9.17, 15) is 14.7 Å². The van der Waals surface area contributed by atoms with Gasteiger partial charge in [0.2, 0.25) is 5.91 Å². The molecule has 2 atom stereocenters. The van der Waals surface area contributed by atoms with Gasteiger partial charge in [0.05, 0.1) is 21.7 Å². The predicted octanol–water partition coefficient (Wildman–Crippen LogP) is 2.34. The van der Waals surface area contributed by atoms with E-state index in [1.54, 1.807) is 33.0 Å². The summed E-state index contributed by atoms with van der Waals surface area (Å²) in [7, 11) is 1.62. The summed E-state index contributed by atoms with van der Waals surface area (Å²) < 4.78 is 0. The van der Waals surface area contributed by atoms with E-state index in [1.165, 1.54) is 11.0 Å². The Morgan fingerprint density at radius 2 is 1.95 bits per heavy atom. The molecular formula is C15H20Cl2N2O3. The number of aliphatic hydroxyl groups is 1. The predicted molar refractivity (Wildman–Crippen MR) is 87.3 cm³/mol. The summed E-state index contributed by atoms with van der Waals surface area (Å²) in [6.45, 7) is 3.66. The monoisotopic (exact) mass is 346 g/mol. The molecule has 0 aliphatic carbocycles. The summed E-state index contributed by atoms with van der Waals surface area (Å²) in [6, 6.07) is 4.03. The first kappa shape index (κ1) is 18.7. The van der Waals surface area contributed by atoms with E-state index in [0.717, 1.165) is 0 Å². The van der Waals surface area contributed by atoms with E-state index in [1.807, 2.05) is 0 Å². The first-order valence-corrected chi connectivity index (χ1v) is 7.67. The third-order valence-electron chi connectivity index (χ3n) is 3.17. The molecule has 0 fully saturated rings. The smallest absolute Gasteiger partial charge is 0.253 e. The molecule has 2 N–H and O–H groups in total. The molecule has 1 rings (SSSR count). The number of benzene rings is 1. The number of aliphatic hydroxyl groups excluding tert-OH is 1. The summed E-state index contributed by atoms with van der Waals surface area (Å²) in [5, 5.41) is 12.3. The summed E-state index contributed by atoms with van der Waals surface area (Å²) in [5.74, 6) is -0.704. The van der Waals surface area contributed by atoms with E-state index in [-0.39, 0.29) is 21.5 Å². The lowest BCUT2D eigenvalue weighted by Gasteiger charge is -2.22. The van der Waals surface area contributed by atoms with Crippen molar-refractivity contribution in [1.82, 2.24) is 10.2 Å². The second-order valence-corrected chi connectivity index (χ2v) is 5.98. The van der Waals surface area contributed by atoms with Crippen LogP contribution in [0.3, 0.4) is 0 Å². The zero-order valence-corrected chi connectivity index (χ0v) is 14.3. The summed E-state index contributed by atoms with van der Waals surface area (Å²) in [4.78, 5) is 25.8. The number of likely N-dealkylation sites (N-methyl/N-ethyl adjacent to an activating group) is 1. The Morgan fingerprint density at radius 1 is 1.32 bits per heavy atom. The van der Waals surface area contributed by atoms with Crippen molar-refractivity contribution < 1.29 is 14.7 Å². The SMILES string of the molecule is CC(O)CCN(C)C(=O)C(C)NC(=O)c1cccc(Cl)c1Cl. The van der Waals surface area contributed by atoms with Crippen molar-refractivity contribution in [3.63, 3.8) is 0 Å². The van der Waals surface area contributed by atoms with Crippen LogP contribution in [0.4, 0.5) is 0 Å². The average Bonchev–Trinajstić information content (AvgIpc) is 2.46. The fraction of sp³-hybridized carbons (Fsp3) is 0.467. The Kier molecular flexibility index (Phi) is 7.13. The molecule has 0 aliphatic rings. The molecule has 0 radical (unpaired) electrons. The number of halogens is 2. The van der Waals surface area contributed by atoms with Crippen LogP contribution in [0.25, 0.3) is 0 Å². The van der Waals surface area contributed by atoms with Gasteiger partial charge >= 0.3 is 0 Å². The van der Waals surface area contributed by atoms with Gasteiger partial charge in [0.15, 0.2) is 0 Å². The first-order chi connectivity index (χ1) is 10.2. The molecule has 22 heavy (non-hydrogen) atoms. The minimum Gasteiger partial charge on any atom is -0.393 e. The number of nitrogens with one attached hydrogen (secondary N) is 1. The molecular weight excluding hydrogens is 327 g/mol. The molecule has 2 unspecified atom stereocenters. The standard InChI is InChI=1S/C15H20Cl2N2O3/c1-9(20)7-8-19(3)15(22)10(2)18-14(21)11-5-4-6-12(16)13(11)17/h4-6,9-10,20H,7-8H2,1-3H3,(H,18,21). The molecule has 0 bridgehead atoms. The van der Waals surface area contributed by atoms with Crippen molar-refractivity contribution in [1.29, 1.82) is 0 Å². The minimum atomic E-state index is -0.707. The zero-order valence-electron chi connectivity index (χ0n) is 12.8. The number of amides is 2. The molecule has 1 aromatic rings. The van der Waals surface area contributed by atoms with Crippen LogP contribution in [0.2, 0.25) is 10.0 Å². The highest BCUT2D eigenvalue weighted by Gasteiger charge is 2.21. The van der Waals surface area contributed by atoms with Crippen LogP contribution in [0.1, 0.15) is 30.6 Å². The highest BCUT2D eigenvalue weighted by atomic mass is 35.5. The second kappa shape index (κ2) is 8.36. The van der Waals surface area contributed by atoms with Gasteiger partial charge in [-0.3, -0.25) is 9.59 Å². The van der Waals surface area contributed by atoms with Crippen molar-refractivity contribution >= 4 is 35.0 Å². The number of rotatable bonds is 6. The second-order valence-electron chi connectivity index (χ2n) is 5.19. The van der Waals surface area contributed by atoms with Crippen LogP contribution in [-0.2, 0) is 4.79 Å². The Bertz CT molecular complexity index is 550. The lowest BCUT2D eigenvalue weighted by Crippen LogP contribution is -2.46. The van der Waals surface area contributed by atoms with Crippen LogP contribution in [0, 0.1) is 0 Å². The van der Waals surface area contributed by atoms with Gasteiger partial charge in [-0.2, -0.15) is 0 Å². The van der Waals surface area contributed by atoms with Crippen molar-refractivity contribution in [2.24, 2.45) is 0 Å². The van der Waals surface area contributed by atoms with Gasteiger partial charge in [0.1, 0.15) is 6.04 Å². The van der Waals surface area contributed by atoms with E-state index in [4.69, 9.17) is 23.2 Å². The molecule has 1 aromatic carbocycles. The molecule has 0 saturated carbocycles. The van der Waals surface area contributed by atoms with Crippen molar-refractivity contribution in [2.75, 3.05) is 13.6 Å². The fourth-order valence-electron chi connectivity index (χ4n) is 1.84. The Balaban J connectivity index is 2.67. The van der Waals surface area contributed by atoms with Crippen LogP contribution < -0.4 is 5.32 Å². The molecule has 0 saturated heterocycles. The summed E-state index contributed by atoms with van der Waals surface area (Å²) in [6.07, 6.45) is -0.00587. The topological polar surface area (TPSA) is 69.6 Å². The molecule has 5 nitrogen and oxygen atoms in total. The zero-order chi connectivity index (χ0) is 16.9. The molecule has 7 heteroatoms. The molecule has 0 aliphatic heterocycles. The average molecular weight is 347 g/mol. The van der Waals surface area contributed by atoms with Crippen molar-refractivity contribution in [2.45, 2.75) is 32.4 Å². The number of carbonyl (C=O) groups is 2. The van der Waals surface area contributed by atoms with E-state index in [2.05, 4.69) is 5.32 Å². The van der Waals surface area contributed by atoms with Gasteiger partial charge in [-0.25, -0.2) is 0 Å². The number of carbonyl (C=O) groups excluding carboxylic acids is 2. The number of nitrogens with zero attached hydrogens (tertiary/aromatic N) is 1. The Labute approximate surface area is 140 Å². The third kappa shape index (κ3) is 5.16. The first-order valence-electron chi connectivity index (χ1n) is 6.92. The van der Waals surface area contributed by atoms with Gasteiger partial charge in [0, 0.05) is 13.6 Å². The number of hydrogen-bond donors (Lipinski definition) is 2. The highest BCUT2D eigenvalue weighted by Crippen LogP contribution is 2.25. The fourth-order valence-corrected chi connectivity index (χ4v) is 2.22. The van der Waals surface area contributed by atoms with Gasteiger partial charge < -0.3 is 15.3 Å². The van der Waals surface area contributed by atoms with Gasteiger partial charge in [-0.1, -0.05) is 29.3 Å². The van der Waals surface area contributed by atoms with Crippen LogP contribution in [-0.4, -0.2) is 47.6 Å². The minimum absolute atomic E-state index is 0.156. The molecule has 0 heterocycles. The van der Waals surface area contributed by atoms with E-state index >= 15 is 0 Å². The lowest BCUT2D eigenvalue weighted by atomic mass is 10.2. The van der Waals surface area contributed by atoms with E-state index < -0.39 is 18.1 Å². The normalized spacial score (nSPS) is 13.4. The highest BCUT2D eigenvalue weighted by molar-refractivity contribution is 6.43. The summed E-state index contributed by atoms with van der Waals surface area (Å²) >= 11 is 11.8. The molecule has 2 amide bonds. The van der Waals surface area contributed by atoms with Crippen LogP contribution in [0.15, 0.2) is 18.2 Å². The van der Waals surface area contributed by atoms with Gasteiger partial charge in [0.25, 0.3) is 5.91 Å².